The van der Waals surface area contributed by atoms with E-state index < -0.39 is 4.92 Å². The van der Waals surface area contributed by atoms with Gasteiger partial charge in [0.25, 0.3) is 11.2 Å². The van der Waals surface area contributed by atoms with Crippen molar-refractivity contribution >= 4 is 5.69 Å². The average Bonchev–Trinajstić information content (AvgIpc) is 2.41. The van der Waals surface area contributed by atoms with Crippen LogP contribution in [0.4, 0.5) is 5.69 Å². The molecule has 0 aliphatic rings. The van der Waals surface area contributed by atoms with Crippen molar-refractivity contribution in [3.63, 3.8) is 0 Å². The number of non-ortho nitro benzene ring substituents is 1. The van der Waals surface area contributed by atoms with Crippen LogP contribution in [0, 0.1) is 17.0 Å². The van der Waals surface area contributed by atoms with E-state index in [0.717, 1.165) is 4.68 Å². The van der Waals surface area contributed by atoms with Crippen LogP contribution in [0.3, 0.4) is 0 Å². The van der Waals surface area contributed by atoms with Gasteiger partial charge in [-0.05, 0) is 18.6 Å². The number of nitro groups is 1. The fourth-order valence-electron chi connectivity index (χ4n) is 1.71. The van der Waals surface area contributed by atoms with Crippen molar-refractivity contribution in [3.05, 3.63) is 62.1 Å². The van der Waals surface area contributed by atoms with Gasteiger partial charge in [0.2, 0.25) is 0 Å². The number of aryl methyl sites for hydroxylation is 1. The Balaban J connectivity index is 2.59. The number of hydrogen-bond donors (Lipinski definition) is 1. The molecule has 0 saturated heterocycles. The Bertz CT molecular complexity index is 694. The summed E-state index contributed by atoms with van der Waals surface area (Å²) >= 11 is 0. The number of aromatic nitrogens is 2. The summed E-state index contributed by atoms with van der Waals surface area (Å²) in [6.45, 7) is 1.96. The zero-order valence-corrected chi connectivity index (χ0v) is 10.2. The lowest BCUT2D eigenvalue weighted by Gasteiger charge is -2.07. The first kappa shape index (κ1) is 12.9. The topological polar surface area (TPSA) is 104 Å². The molecule has 7 nitrogen and oxygen atoms in total. The quantitative estimate of drug-likeness (QED) is 0.652. The third-order valence-corrected chi connectivity index (χ3v) is 2.73. The molecule has 0 radical (unpaired) electrons. The summed E-state index contributed by atoms with van der Waals surface area (Å²) in [7, 11) is 0. The normalized spacial score (nSPS) is 10.4. The largest absolute Gasteiger partial charge is 0.326 e. The van der Waals surface area contributed by atoms with Gasteiger partial charge in [0.1, 0.15) is 0 Å². The Kier molecular flexibility index (Phi) is 3.39. The second kappa shape index (κ2) is 4.99. The molecule has 19 heavy (non-hydrogen) atoms. The molecule has 0 aliphatic heterocycles. The van der Waals surface area contributed by atoms with Crippen molar-refractivity contribution in [1.29, 1.82) is 0 Å². The molecule has 0 amide bonds. The SMILES string of the molecule is Cc1nn(-c2cccc([N+](=O)[O-])c2)c(=O)cc1CN. The molecule has 1 aromatic heterocycles. The van der Waals surface area contributed by atoms with Gasteiger partial charge in [0.05, 0.1) is 16.3 Å². The Morgan fingerprint density at radius 2 is 2.16 bits per heavy atom. The maximum atomic E-state index is 11.9. The van der Waals surface area contributed by atoms with E-state index in [9.17, 15) is 14.9 Å². The molecule has 98 valence electrons. The molecule has 1 heterocycles. The molecule has 7 heteroatoms. The van der Waals surface area contributed by atoms with E-state index in [1.54, 1.807) is 13.0 Å². The van der Waals surface area contributed by atoms with Crippen molar-refractivity contribution in [1.82, 2.24) is 9.78 Å². The number of hydrogen-bond acceptors (Lipinski definition) is 5. The Morgan fingerprint density at radius 1 is 1.42 bits per heavy atom. The Labute approximate surface area is 108 Å². The van der Waals surface area contributed by atoms with Crippen LogP contribution in [0.25, 0.3) is 5.69 Å². The van der Waals surface area contributed by atoms with Crippen LogP contribution >= 0.6 is 0 Å². The lowest BCUT2D eigenvalue weighted by atomic mass is 10.2. The smallest absolute Gasteiger partial charge is 0.271 e. The lowest BCUT2D eigenvalue weighted by Crippen LogP contribution is -2.23. The van der Waals surface area contributed by atoms with Crippen LogP contribution < -0.4 is 11.3 Å². The third kappa shape index (κ3) is 2.50. The van der Waals surface area contributed by atoms with E-state index >= 15 is 0 Å². The van der Waals surface area contributed by atoms with Crippen LogP contribution in [-0.4, -0.2) is 14.7 Å². The third-order valence-electron chi connectivity index (χ3n) is 2.73. The van der Waals surface area contributed by atoms with Crippen molar-refractivity contribution in [2.45, 2.75) is 13.5 Å². The van der Waals surface area contributed by atoms with Crippen LogP contribution in [0.1, 0.15) is 11.3 Å². The summed E-state index contributed by atoms with van der Waals surface area (Å²) in [6, 6.07) is 7.14. The number of nitrogens with two attached hydrogens (primary N) is 1. The molecule has 0 fully saturated rings. The van der Waals surface area contributed by atoms with Crippen molar-refractivity contribution in [2.75, 3.05) is 0 Å². The monoisotopic (exact) mass is 260 g/mol. The molecule has 0 aliphatic carbocycles. The van der Waals surface area contributed by atoms with Gasteiger partial charge >= 0.3 is 0 Å². The molecule has 0 saturated carbocycles. The van der Waals surface area contributed by atoms with Gasteiger partial charge in [-0.15, -0.1) is 0 Å². The first-order valence-electron chi connectivity index (χ1n) is 5.57. The van der Waals surface area contributed by atoms with Crippen LogP contribution in [0.5, 0.6) is 0 Å². The Hall–Kier alpha value is -2.54. The summed E-state index contributed by atoms with van der Waals surface area (Å²) in [5.41, 5.74) is 6.67. The molecule has 0 bridgehead atoms. The number of benzene rings is 1. The number of nitro benzene ring substituents is 1. The maximum absolute atomic E-state index is 11.9. The van der Waals surface area contributed by atoms with Crippen molar-refractivity contribution in [2.24, 2.45) is 5.73 Å². The standard InChI is InChI=1S/C12H12N4O3/c1-8-9(7-13)5-12(17)15(14-8)10-3-2-4-11(6-10)16(18)19/h2-6H,7,13H2,1H3. The highest BCUT2D eigenvalue weighted by atomic mass is 16.6. The molecule has 0 atom stereocenters. The minimum absolute atomic E-state index is 0.0910. The molecule has 2 rings (SSSR count). The highest BCUT2D eigenvalue weighted by molar-refractivity contribution is 5.42. The molecular formula is C12H12N4O3. The zero-order chi connectivity index (χ0) is 14.0. The number of nitrogens with zero attached hydrogens (tertiary/aromatic N) is 3. The highest BCUT2D eigenvalue weighted by Gasteiger charge is 2.10. The van der Waals surface area contributed by atoms with Crippen LogP contribution in [-0.2, 0) is 6.54 Å². The van der Waals surface area contributed by atoms with E-state index in [1.165, 1.54) is 24.3 Å². The van der Waals surface area contributed by atoms with Crippen LogP contribution in [0.2, 0.25) is 0 Å². The molecule has 2 aromatic rings. The van der Waals surface area contributed by atoms with Gasteiger partial charge in [-0.1, -0.05) is 6.07 Å². The first-order chi connectivity index (χ1) is 9.02. The molecule has 0 spiro atoms. The fraction of sp³-hybridized carbons (Fsp3) is 0.167. The van der Waals surface area contributed by atoms with E-state index in [-0.39, 0.29) is 17.8 Å². The van der Waals surface area contributed by atoms with E-state index in [2.05, 4.69) is 5.10 Å². The van der Waals surface area contributed by atoms with Crippen molar-refractivity contribution in [3.8, 4) is 5.69 Å². The fourth-order valence-corrected chi connectivity index (χ4v) is 1.71. The zero-order valence-electron chi connectivity index (χ0n) is 10.2. The first-order valence-corrected chi connectivity index (χ1v) is 5.57. The summed E-state index contributed by atoms with van der Waals surface area (Å²) in [5, 5.41) is 14.8. The van der Waals surface area contributed by atoms with E-state index in [0.29, 0.717) is 16.9 Å². The molecule has 0 unspecified atom stereocenters. The van der Waals surface area contributed by atoms with Gasteiger partial charge in [-0.2, -0.15) is 9.78 Å². The van der Waals surface area contributed by atoms with Crippen LogP contribution in [0.15, 0.2) is 35.1 Å². The molecule has 1 aromatic carbocycles. The lowest BCUT2D eigenvalue weighted by molar-refractivity contribution is -0.384. The predicted octanol–water partition coefficient (Wildman–Crippen LogP) is 0.908. The minimum atomic E-state index is -0.518. The molecule has 2 N–H and O–H groups in total. The predicted molar refractivity (Wildman–Crippen MR) is 69.1 cm³/mol. The second-order valence-corrected chi connectivity index (χ2v) is 3.99. The minimum Gasteiger partial charge on any atom is -0.326 e. The van der Waals surface area contributed by atoms with Gasteiger partial charge in [0, 0.05) is 24.7 Å². The van der Waals surface area contributed by atoms with Gasteiger partial charge < -0.3 is 5.73 Å². The van der Waals surface area contributed by atoms with E-state index in [1.807, 2.05) is 0 Å². The van der Waals surface area contributed by atoms with Gasteiger partial charge in [-0.3, -0.25) is 14.9 Å². The maximum Gasteiger partial charge on any atom is 0.271 e. The summed E-state index contributed by atoms with van der Waals surface area (Å²) in [4.78, 5) is 22.1. The van der Waals surface area contributed by atoms with E-state index in [4.69, 9.17) is 5.73 Å². The van der Waals surface area contributed by atoms with Gasteiger partial charge in [0.15, 0.2) is 0 Å². The van der Waals surface area contributed by atoms with Gasteiger partial charge in [-0.25, -0.2) is 0 Å². The Morgan fingerprint density at radius 3 is 2.79 bits per heavy atom. The summed E-state index contributed by atoms with van der Waals surface area (Å²) < 4.78 is 1.13. The number of rotatable bonds is 3. The second-order valence-electron chi connectivity index (χ2n) is 3.99. The average molecular weight is 260 g/mol. The van der Waals surface area contributed by atoms with Crippen molar-refractivity contribution < 1.29 is 4.92 Å². The molecular weight excluding hydrogens is 248 g/mol. The summed E-state index contributed by atoms with van der Waals surface area (Å²) in [6.07, 6.45) is 0. The summed E-state index contributed by atoms with van der Waals surface area (Å²) in [5.74, 6) is 0. The highest BCUT2D eigenvalue weighted by Crippen LogP contribution is 2.15.